The van der Waals surface area contributed by atoms with Gasteiger partial charge >= 0.3 is 6.09 Å². The Balaban J connectivity index is 1.60. The van der Waals surface area contributed by atoms with Crippen molar-refractivity contribution in [2.75, 3.05) is 19.7 Å². The predicted octanol–water partition coefficient (Wildman–Crippen LogP) is 3.16. The fraction of sp³-hybridized carbons (Fsp3) is 0.529. The van der Waals surface area contributed by atoms with E-state index in [-0.39, 0.29) is 12.7 Å². The molecule has 1 N–H and O–H groups in total. The molecule has 0 atom stereocenters. The number of aliphatic hydroxyl groups excluding tert-OH is 1. The van der Waals surface area contributed by atoms with Gasteiger partial charge in [0, 0.05) is 35.4 Å². The zero-order valence-electron chi connectivity index (χ0n) is 13.7. The summed E-state index contributed by atoms with van der Waals surface area (Å²) >= 11 is 3.45. The molecule has 1 fully saturated rings. The number of hydrogen-bond donors (Lipinski definition) is 1. The molecule has 2 aromatic rings. The molecule has 1 aliphatic rings. The van der Waals surface area contributed by atoms with Gasteiger partial charge in [0.15, 0.2) is 0 Å². The summed E-state index contributed by atoms with van der Waals surface area (Å²) in [4.78, 5) is 13.6. The van der Waals surface area contributed by atoms with Crippen molar-refractivity contribution >= 4 is 32.9 Å². The largest absolute Gasteiger partial charge is 0.449 e. The highest BCUT2D eigenvalue weighted by Crippen LogP contribution is 2.26. The van der Waals surface area contributed by atoms with E-state index in [4.69, 9.17) is 4.74 Å². The van der Waals surface area contributed by atoms with Crippen LogP contribution in [0.4, 0.5) is 4.79 Å². The van der Waals surface area contributed by atoms with Crippen molar-refractivity contribution in [2.24, 2.45) is 5.92 Å². The fourth-order valence-corrected chi connectivity index (χ4v) is 3.31. The molecule has 7 heteroatoms. The Morgan fingerprint density at radius 2 is 2.25 bits per heavy atom. The fourth-order valence-electron chi connectivity index (χ4n) is 2.95. The number of unbranched alkanes of at least 4 members (excludes halogenated alkanes) is 1. The maximum atomic E-state index is 11.8. The molecule has 1 saturated heterocycles. The minimum Gasteiger partial charge on any atom is -0.449 e. The van der Waals surface area contributed by atoms with Crippen molar-refractivity contribution in [1.29, 1.82) is 0 Å². The quantitative estimate of drug-likeness (QED) is 0.762. The number of amides is 1. The maximum absolute atomic E-state index is 11.8. The Hall–Kier alpha value is -1.60. The first-order valence-corrected chi connectivity index (χ1v) is 9.09. The molecule has 0 saturated carbocycles. The monoisotopic (exact) mass is 395 g/mol. The van der Waals surface area contributed by atoms with Gasteiger partial charge in [-0.3, -0.25) is 4.68 Å². The van der Waals surface area contributed by atoms with E-state index in [9.17, 15) is 9.90 Å². The average molecular weight is 396 g/mol. The second-order valence-corrected chi connectivity index (χ2v) is 7.10. The molecule has 2 heterocycles. The molecule has 0 aliphatic carbocycles. The molecule has 3 rings (SSSR count). The first-order chi connectivity index (χ1) is 11.6. The van der Waals surface area contributed by atoms with Gasteiger partial charge in [0.25, 0.3) is 0 Å². The third-order valence-electron chi connectivity index (χ3n) is 4.31. The van der Waals surface area contributed by atoms with Crippen LogP contribution in [-0.2, 0) is 17.9 Å². The maximum Gasteiger partial charge on any atom is 0.409 e. The highest BCUT2D eigenvalue weighted by Gasteiger charge is 2.32. The number of hydrogen-bond acceptors (Lipinski definition) is 4. The molecule has 1 aliphatic heterocycles. The molecule has 0 radical (unpaired) electrons. The molecule has 0 spiro atoms. The van der Waals surface area contributed by atoms with Crippen LogP contribution in [-0.4, -0.2) is 45.6 Å². The first-order valence-electron chi connectivity index (χ1n) is 8.30. The summed E-state index contributed by atoms with van der Waals surface area (Å²) in [5, 5.41) is 15.0. The van der Waals surface area contributed by atoms with Crippen molar-refractivity contribution in [3.63, 3.8) is 0 Å². The van der Waals surface area contributed by atoms with Crippen LogP contribution in [0, 0.1) is 5.92 Å². The number of benzene rings is 1. The van der Waals surface area contributed by atoms with Crippen LogP contribution in [0.5, 0.6) is 0 Å². The highest BCUT2D eigenvalue weighted by molar-refractivity contribution is 9.10. The predicted molar refractivity (Wildman–Crippen MR) is 94.7 cm³/mol. The minimum atomic E-state index is -0.218. The number of nitrogens with zero attached hydrogens (tertiary/aromatic N) is 3. The van der Waals surface area contributed by atoms with Crippen molar-refractivity contribution < 1.29 is 14.6 Å². The number of carbonyl (C=O) groups excluding carboxylic acids is 1. The number of halogens is 1. The summed E-state index contributed by atoms with van der Waals surface area (Å²) in [5.41, 5.74) is 1.69. The number of fused-ring (bicyclic) bond motifs is 1. The summed E-state index contributed by atoms with van der Waals surface area (Å²) in [6, 6.07) is 5.95. The number of likely N-dealkylation sites (tertiary alicyclic amines) is 1. The minimum absolute atomic E-state index is 0.0828. The second kappa shape index (κ2) is 7.53. The zero-order valence-corrected chi connectivity index (χ0v) is 15.3. The van der Waals surface area contributed by atoms with E-state index >= 15 is 0 Å². The van der Waals surface area contributed by atoms with Gasteiger partial charge in [0.2, 0.25) is 0 Å². The zero-order chi connectivity index (χ0) is 17.1. The van der Waals surface area contributed by atoms with Gasteiger partial charge in [-0.05, 0) is 24.6 Å². The van der Waals surface area contributed by atoms with Crippen LogP contribution >= 0.6 is 15.9 Å². The van der Waals surface area contributed by atoms with Crippen LogP contribution in [0.1, 0.15) is 25.5 Å². The van der Waals surface area contributed by atoms with E-state index in [0.29, 0.717) is 31.3 Å². The number of rotatable bonds is 6. The van der Waals surface area contributed by atoms with E-state index in [1.54, 1.807) is 4.90 Å². The van der Waals surface area contributed by atoms with Crippen molar-refractivity contribution in [3.8, 4) is 0 Å². The van der Waals surface area contributed by atoms with E-state index in [1.807, 2.05) is 22.9 Å². The van der Waals surface area contributed by atoms with E-state index in [0.717, 1.165) is 34.8 Å². The van der Waals surface area contributed by atoms with Gasteiger partial charge in [-0.2, -0.15) is 5.10 Å². The topological polar surface area (TPSA) is 67.6 Å². The summed E-state index contributed by atoms with van der Waals surface area (Å²) in [6.07, 6.45) is 1.71. The van der Waals surface area contributed by atoms with Gasteiger partial charge in [0.1, 0.15) is 0 Å². The summed E-state index contributed by atoms with van der Waals surface area (Å²) < 4.78 is 8.11. The number of aromatic nitrogens is 2. The Morgan fingerprint density at radius 3 is 2.96 bits per heavy atom. The van der Waals surface area contributed by atoms with Crippen LogP contribution < -0.4 is 0 Å². The summed E-state index contributed by atoms with van der Waals surface area (Å²) in [6.45, 7) is 4.60. The lowest BCUT2D eigenvalue weighted by Crippen LogP contribution is -2.51. The summed E-state index contributed by atoms with van der Waals surface area (Å²) in [7, 11) is 0. The second-order valence-electron chi connectivity index (χ2n) is 6.19. The molecule has 1 aromatic carbocycles. The van der Waals surface area contributed by atoms with Crippen molar-refractivity contribution in [3.05, 3.63) is 28.4 Å². The lowest BCUT2D eigenvalue weighted by atomic mass is 10.0. The number of aliphatic hydroxyl groups is 1. The van der Waals surface area contributed by atoms with E-state index < -0.39 is 0 Å². The lowest BCUT2D eigenvalue weighted by Gasteiger charge is -2.38. The van der Waals surface area contributed by atoms with E-state index in [1.165, 1.54) is 0 Å². The Kier molecular flexibility index (Phi) is 5.40. The van der Waals surface area contributed by atoms with Gasteiger partial charge in [0.05, 0.1) is 24.4 Å². The molecule has 130 valence electrons. The molecular weight excluding hydrogens is 374 g/mol. The molecule has 1 aromatic heterocycles. The van der Waals surface area contributed by atoms with Crippen molar-refractivity contribution in [1.82, 2.24) is 14.7 Å². The smallest absolute Gasteiger partial charge is 0.409 e. The molecule has 24 heavy (non-hydrogen) atoms. The highest BCUT2D eigenvalue weighted by atomic mass is 79.9. The van der Waals surface area contributed by atoms with Crippen LogP contribution in [0.25, 0.3) is 10.9 Å². The lowest BCUT2D eigenvalue weighted by molar-refractivity contribution is 0.0474. The Labute approximate surface area is 149 Å². The third-order valence-corrected chi connectivity index (χ3v) is 4.80. The van der Waals surface area contributed by atoms with Gasteiger partial charge < -0.3 is 14.7 Å². The van der Waals surface area contributed by atoms with Crippen LogP contribution in [0.3, 0.4) is 0 Å². The van der Waals surface area contributed by atoms with Crippen LogP contribution in [0.15, 0.2) is 22.7 Å². The Bertz CT molecular complexity index is 725. The number of ether oxygens (including phenoxy) is 1. The first kappa shape index (κ1) is 17.2. The Morgan fingerprint density at radius 1 is 1.46 bits per heavy atom. The van der Waals surface area contributed by atoms with Gasteiger partial charge in [-0.1, -0.05) is 29.3 Å². The summed E-state index contributed by atoms with van der Waals surface area (Å²) in [5.74, 6) is 0.363. The molecule has 6 nitrogen and oxygen atoms in total. The molecule has 1 amide bonds. The number of carbonyl (C=O) groups is 1. The standard InChI is InChI=1S/C17H22BrN3O3/c1-2-3-6-24-17(23)20-8-12(9-20)10-21-16-5-4-13(18)7-14(16)15(11-22)19-21/h4-5,7,12,22H,2-3,6,8-11H2,1H3. The molecular formula is C17H22BrN3O3. The van der Waals surface area contributed by atoms with Gasteiger partial charge in [-0.15, -0.1) is 0 Å². The normalized spacial score (nSPS) is 14.9. The van der Waals surface area contributed by atoms with Gasteiger partial charge in [-0.25, -0.2) is 4.79 Å². The third kappa shape index (κ3) is 3.57. The average Bonchev–Trinajstić information content (AvgIpc) is 2.87. The molecule has 0 unspecified atom stereocenters. The van der Waals surface area contributed by atoms with Crippen molar-refractivity contribution in [2.45, 2.75) is 32.9 Å². The SMILES string of the molecule is CCCCOC(=O)N1CC(Cn2nc(CO)c3cc(Br)ccc32)C1. The van der Waals surface area contributed by atoms with Crippen LogP contribution in [0.2, 0.25) is 0 Å². The van der Waals surface area contributed by atoms with E-state index in [2.05, 4.69) is 28.0 Å². The molecule has 0 bridgehead atoms.